The molecule has 3 aromatic rings. The highest BCUT2D eigenvalue weighted by Crippen LogP contribution is 2.33. The first-order chi connectivity index (χ1) is 21.9. The first-order valence-electron chi connectivity index (χ1n) is 14.5. The van der Waals surface area contributed by atoms with Gasteiger partial charge in [0.25, 0.3) is 5.56 Å². The average Bonchev–Trinajstić information content (AvgIpc) is 3.86. The molecule has 1 aromatic heterocycles. The molecule has 0 radical (unpaired) electrons. The van der Waals surface area contributed by atoms with E-state index in [1.54, 1.807) is 50.3 Å². The molecule has 9 nitrogen and oxygen atoms in total. The molecule has 1 saturated carbocycles. The van der Waals surface area contributed by atoms with Gasteiger partial charge in [-0.1, -0.05) is 17.7 Å². The molecular weight excluding hydrogens is 610 g/mol. The number of nitrogens with zero attached hydrogens (tertiary/aromatic N) is 2. The van der Waals surface area contributed by atoms with E-state index in [4.69, 9.17) is 9.53 Å². The lowest BCUT2D eigenvalue weighted by atomic mass is 9.94. The maximum atomic E-state index is 14.6. The SMILES string of the molecule is CNC=O.COc1cc(F)c(C(CC=O)CN(C)c2c(C)ccn(CC(O)C3CC3)c2=O)c(F)c1.Cc1ccc(OC(F)F)cc1. The molecule has 0 aliphatic heterocycles. The van der Waals surface area contributed by atoms with E-state index >= 15 is 0 Å². The summed E-state index contributed by atoms with van der Waals surface area (Å²) >= 11 is 0. The quantitative estimate of drug-likeness (QED) is 0.198. The Kier molecular flexibility index (Phi) is 15.2. The first kappa shape index (κ1) is 37.8. The number of halogens is 4. The maximum absolute atomic E-state index is 14.6. The molecular formula is C33H41F4N3O6. The number of rotatable bonds is 13. The van der Waals surface area contributed by atoms with Crippen LogP contribution in [0.4, 0.5) is 23.2 Å². The minimum Gasteiger partial charge on any atom is -0.497 e. The topological polar surface area (TPSA) is 110 Å². The number of aromatic nitrogens is 1. The van der Waals surface area contributed by atoms with Gasteiger partial charge in [0.05, 0.1) is 19.8 Å². The monoisotopic (exact) mass is 651 g/mol. The van der Waals surface area contributed by atoms with Crippen LogP contribution in [-0.4, -0.2) is 62.8 Å². The number of aldehydes is 1. The van der Waals surface area contributed by atoms with E-state index in [2.05, 4.69) is 10.1 Å². The van der Waals surface area contributed by atoms with Crippen LogP contribution in [0.3, 0.4) is 0 Å². The average molecular weight is 652 g/mol. The van der Waals surface area contributed by atoms with E-state index in [9.17, 15) is 32.3 Å². The third-order valence-corrected chi connectivity index (χ3v) is 7.21. The third-order valence-electron chi connectivity index (χ3n) is 7.21. The minimum absolute atomic E-state index is 0.0490. The van der Waals surface area contributed by atoms with Gasteiger partial charge in [-0.25, -0.2) is 8.78 Å². The Morgan fingerprint density at radius 3 is 2.13 bits per heavy atom. The highest BCUT2D eigenvalue weighted by Gasteiger charge is 2.30. The van der Waals surface area contributed by atoms with E-state index < -0.39 is 30.3 Å². The second-order valence-electron chi connectivity index (χ2n) is 10.8. The number of hydrogen-bond acceptors (Lipinski definition) is 7. The Morgan fingerprint density at radius 2 is 1.65 bits per heavy atom. The maximum Gasteiger partial charge on any atom is 0.387 e. The van der Waals surface area contributed by atoms with Crippen LogP contribution in [0.2, 0.25) is 0 Å². The molecule has 0 bridgehead atoms. The fourth-order valence-corrected chi connectivity index (χ4v) is 4.70. The lowest BCUT2D eigenvalue weighted by Gasteiger charge is -2.27. The molecule has 13 heteroatoms. The lowest BCUT2D eigenvalue weighted by Crippen LogP contribution is -2.35. The van der Waals surface area contributed by atoms with Crippen LogP contribution in [0.25, 0.3) is 0 Å². The van der Waals surface area contributed by atoms with Gasteiger partial charge < -0.3 is 34.2 Å². The van der Waals surface area contributed by atoms with Crippen LogP contribution in [0.1, 0.15) is 41.9 Å². The number of carbonyl (C=O) groups excluding carboxylic acids is 2. The number of hydrogen-bond donors (Lipinski definition) is 2. The molecule has 2 aromatic carbocycles. The van der Waals surface area contributed by atoms with Crippen LogP contribution in [0.15, 0.2) is 53.5 Å². The second kappa shape index (κ2) is 18.5. The molecule has 0 saturated heterocycles. The third kappa shape index (κ3) is 11.5. The van der Waals surface area contributed by atoms with Crippen molar-refractivity contribution in [2.45, 2.75) is 58.3 Å². The summed E-state index contributed by atoms with van der Waals surface area (Å²) in [4.78, 5) is 35.0. The van der Waals surface area contributed by atoms with Crippen molar-refractivity contribution in [3.05, 3.63) is 87.3 Å². The Balaban J connectivity index is 0.000000405. The van der Waals surface area contributed by atoms with Crippen molar-refractivity contribution in [3.8, 4) is 11.5 Å². The predicted octanol–water partition coefficient (Wildman–Crippen LogP) is 4.98. The van der Waals surface area contributed by atoms with Crippen molar-refractivity contribution in [1.82, 2.24) is 9.88 Å². The Bertz CT molecular complexity index is 1440. The molecule has 4 rings (SSSR count). The standard InChI is InChI=1S/C23H28F2N2O4.C8H8F2O.C2H5NO/c1-14-6-8-27(13-20(29)15-4-5-15)23(30)22(14)26(2)12-16(7-9-28)21-18(24)10-17(31-3)11-19(21)25;1-6-2-4-7(5-3-6)11-8(9)10;1-3-2-4/h6,8-11,15-16,20,29H,4-5,7,12-13H2,1-3H3;2-5,8H,1H3;2H,1H3,(H,3,4). The van der Waals surface area contributed by atoms with E-state index in [0.29, 0.717) is 23.9 Å². The van der Waals surface area contributed by atoms with Crippen LogP contribution < -0.4 is 25.2 Å². The molecule has 0 spiro atoms. The van der Waals surface area contributed by atoms with Crippen LogP contribution >= 0.6 is 0 Å². The number of aryl methyl sites for hydroxylation is 2. The van der Waals surface area contributed by atoms with Crippen LogP contribution in [0.5, 0.6) is 11.5 Å². The van der Waals surface area contributed by atoms with Crippen LogP contribution in [0, 0.1) is 31.4 Å². The van der Waals surface area contributed by atoms with Gasteiger partial charge in [-0.05, 0) is 56.4 Å². The number of carbonyl (C=O) groups is 2. The summed E-state index contributed by atoms with van der Waals surface area (Å²) in [6.07, 6.45) is 4.12. The molecule has 46 heavy (non-hydrogen) atoms. The predicted molar refractivity (Wildman–Crippen MR) is 167 cm³/mol. The number of alkyl halides is 2. The van der Waals surface area contributed by atoms with Crippen molar-refractivity contribution in [3.63, 3.8) is 0 Å². The molecule has 1 fully saturated rings. The molecule has 1 heterocycles. The van der Waals surface area contributed by atoms with Crippen molar-refractivity contribution >= 4 is 18.4 Å². The Labute approximate surface area is 265 Å². The second-order valence-corrected chi connectivity index (χ2v) is 10.8. The highest BCUT2D eigenvalue weighted by molar-refractivity contribution is 5.55. The van der Waals surface area contributed by atoms with Crippen LogP contribution in [-0.2, 0) is 16.1 Å². The summed E-state index contributed by atoms with van der Waals surface area (Å²) in [6.45, 7) is 1.18. The van der Waals surface area contributed by atoms with Crippen molar-refractivity contribution in [1.29, 1.82) is 0 Å². The zero-order valence-electron chi connectivity index (χ0n) is 26.5. The number of methoxy groups -OCH3 is 1. The number of nitrogens with one attached hydrogen (secondary N) is 1. The largest absolute Gasteiger partial charge is 0.497 e. The van der Waals surface area contributed by atoms with E-state index in [-0.39, 0.29) is 48.0 Å². The number of aliphatic hydroxyl groups excluding tert-OH is 1. The van der Waals surface area contributed by atoms with Crippen molar-refractivity contribution in [2.24, 2.45) is 5.92 Å². The van der Waals surface area contributed by atoms with Gasteiger partial charge in [0.15, 0.2) is 0 Å². The highest BCUT2D eigenvalue weighted by atomic mass is 19.3. The van der Waals surface area contributed by atoms with Crippen molar-refractivity contribution < 1.29 is 41.7 Å². The fraction of sp³-hybridized carbons (Fsp3) is 0.424. The molecule has 1 aliphatic carbocycles. The molecule has 2 atom stereocenters. The number of amides is 1. The normalized spacial score (nSPS) is 13.3. The zero-order valence-corrected chi connectivity index (χ0v) is 26.5. The zero-order chi connectivity index (χ0) is 34.4. The van der Waals surface area contributed by atoms with E-state index in [1.807, 2.05) is 6.92 Å². The van der Waals surface area contributed by atoms with E-state index in [1.165, 1.54) is 23.8 Å². The van der Waals surface area contributed by atoms with Gasteiger partial charge in [-0.2, -0.15) is 8.78 Å². The minimum atomic E-state index is -2.74. The summed E-state index contributed by atoms with van der Waals surface area (Å²) < 4.78 is 62.9. The van der Waals surface area contributed by atoms with Gasteiger partial charge in [-0.15, -0.1) is 0 Å². The van der Waals surface area contributed by atoms with Gasteiger partial charge in [0.1, 0.15) is 35.1 Å². The molecule has 2 N–H and O–H groups in total. The number of anilines is 1. The number of aliphatic hydroxyl groups is 1. The Hall–Kier alpha value is -4.39. The summed E-state index contributed by atoms with van der Waals surface area (Å²) in [5.74, 6) is -1.91. The number of pyridine rings is 1. The molecule has 2 unspecified atom stereocenters. The lowest BCUT2D eigenvalue weighted by molar-refractivity contribution is -0.109. The summed E-state index contributed by atoms with van der Waals surface area (Å²) in [7, 11) is 4.53. The fourth-order valence-electron chi connectivity index (χ4n) is 4.70. The molecule has 252 valence electrons. The summed E-state index contributed by atoms with van der Waals surface area (Å²) in [6, 6.07) is 10.4. The van der Waals surface area contributed by atoms with Gasteiger partial charge >= 0.3 is 6.61 Å². The van der Waals surface area contributed by atoms with Gasteiger partial charge in [0, 0.05) is 56.9 Å². The van der Waals surface area contributed by atoms with E-state index in [0.717, 1.165) is 30.5 Å². The number of likely N-dealkylation sites (N-methyl/N-ethyl adjacent to an activating group) is 1. The summed E-state index contributed by atoms with van der Waals surface area (Å²) in [5, 5.41) is 12.5. The molecule has 1 aliphatic rings. The van der Waals surface area contributed by atoms with Gasteiger partial charge in [0.2, 0.25) is 6.41 Å². The smallest absolute Gasteiger partial charge is 0.387 e. The first-order valence-corrected chi connectivity index (χ1v) is 14.5. The Morgan fingerprint density at radius 1 is 1.07 bits per heavy atom. The van der Waals surface area contributed by atoms with Crippen molar-refractivity contribution in [2.75, 3.05) is 32.6 Å². The molecule has 1 amide bonds. The number of ether oxygens (including phenoxy) is 2. The van der Waals surface area contributed by atoms with Gasteiger partial charge in [-0.3, -0.25) is 9.59 Å². The number of benzene rings is 2. The summed E-state index contributed by atoms with van der Waals surface area (Å²) in [5.41, 5.74) is 1.59.